The van der Waals surface area contributed by atoms with Crippen LogP contribution in [0.4, 0.5) is 13.2 Å². The lowest BCUT2D eigenvalue weighted by Crippen LogP contribution is -2.18. The monoisotopic (exact) mass is 382 g/mol. The Kier molecular flexibility index (Phi) is 6.02. The van der Waals surface area contributed by atoms with Crippen LogP contribution >= 0.6 is 0 Å². The third-order valence-corrected chi connectivity index (χ3v) is 3.94. The van der Waals surface area contributed by atoms with Crippen LogP contribution in [0.5, 0.6) is 5.88 Å². The van der Waals surface area contributed by atoms with E-state index < -0.39 is 17.8 Å². The van der Waals surface area contributed by atoms with Crippen LogP contribution in [0.15, 0.2) is 30.3 Å². The minimum Gasteiger partial charge on any atom is -0.407 e. The summed E-state index contributed by atoms with van der Waals surface area (Å²) < 4.78 is 45.5. The van der Waals surface area contributed by atoms with E-state index in [1.807, 2.05) is 13.8 Å². The maximum Gasteiger partial charge on any atom is 0.435 e. The predicted octanol–water partition coefficient (Wildman–Crippen LogP) is 5.57. The number of nitrogens with zero attached hydrogens (tertiary/aromatic N) is 2. The first-order valence-corrected chi connectivity index (χ1v) is 8.80. The molecule has 1 aromatic heterocycles. The molecular formula is C20H25F3N2O2. The van der Waals surface area contributed by atoms with E-state index in [0.29, 0.717) is 5.69 Å². The highest BCUT2D eigenvalue weighted by molar-refractivity contribution is 5.72. The van der Waals surface area contributed by atoms with Crippen LogP contribution in [0.25, 0.3) is 5.69 Å². The summed E-state index contributed by atoms with van der Waals surface area (Å²) in [5.74, 6) is -0.761. The normalized spacial score (nSPS) is 13.5. The van der Waals surface area contributed by atoms with Gasteiger partial charge < -0.3 is 4.74 Å². The molecule has 1 atom stereocenters. The fourth-order valence-corrected chi connectivity index (χ4v) is 3.01. The predicted molar refractivity (Wildman–Crippen MR) is 96.8 cm³/mol. The lowest BCUT2D eigenvalue weighted by atomic mass is 9.84. The molecule has 2 aromatic rings. The van der Waals surface area contributed by atoms with Gasteiger partial charge in [0.25, 0.3) is 0 Å². The molecule has 1 heterocycles. The summed E-state index contributed by atoms with van der Waals surface area (Å²) in [6, 6.07) is 7.51. The zero-order valence-electron chi connectivity index (χ0n) is 16.2. The maximum atomic E-state index is 13.1. The lowest BCUT2D eigenvalue weighted by molar-refractivity contribution is -0.141. The van der Waals surface area contributed by atoms with Crippen molar-refractivity contribution in [3.05, 3.63) is 41.6 Å². The number of aryl methyl sites for hydroxylation is 1. The molecule has 0 aliphatic heterocycles. The van der Waals surface area contributed by atoms with E-state index in [1.165, 1.54) is 0 Å². The van der Waals surface area contributed by atoms with Crippen molar-refractivity contribution in [1.82, 2.24) is 9.78 Å². The van der Waals surface area contributed by atoms with Crippen LogP contribution in [0, 0.1) is 18.3 Å². The summed E-state index contributed by atoms with van der Waals surface area (Å²) in [7, 11) is 0. The average Bonchev–Trinajstić information content (AvgIpc) is 2.89. The molecule has 0 N–H and O–H groups in total. The number of rotatable bonds is 5. The van der Waals surface area contributed by atoms with Gasteiger partial charge in [0.1, 0.15) is 0 Å². The molecule has 0 aliphatic carbocycles. The number of hydrogen-bond acceptors (Lipinski definition) is 3. The minimum atomic E-state index is -4.63. The van der Waals surface area contributed by atoms with E-state index >= 15 is 0 Å². The van der Waals surface area contributed by atoms with Crippen molar-refractivity contribution >= 4 is 5.97 Å². The maximum absolute atomic E-state index is 13.1. The minimum absolute atomic E-state index is 0.0484. The first kappa shape index (κ1) is 21.0. The van der Waals surface area contributed by atoms with E-state index in [4.69, 9.17) is 4.74 Å². The summed E-state index contributed by atoms with van der Waals surface area (Å²) in [5, 5.41) is 3.59. The zero-order chi connectivity index (χ0) is 20.4. The molecule has 0 saturated heterocycles. The summed E-state index contributed by atoms with van der Waals surface area (Å²) in [4.78, 5) is 12.3. The quantitative estimate of drug-likeness (QED) is 0.635. The summed E-state index contributed by atoms with van der Waals surface area (Å²) in [5.41, 5.74) is 0.291. The van der Waals surface area contributed by atoms with E-state index in [9.17, 15) is 18.0 Å². The molecular weight excluding hydrogens is 357 g/mol. The molecule has 4 nitrogen and oxygen atoms in total. The number of halogens is 3. The Labute approximate surface area is 157 Å². The number of carbonyl (C=O) groups excluding carboxylic acids is 1. The number of hydrogen-bond donors (Lipinski definition) is 0. The Morgan fingerprint density at radius 3 is 2.30 bits per heavy atom. The molecule has 0 radical (unpaired) electrons. The average molecular weight is 382 g/mol. The Morgan fingerprint density at radius 2 is 1.78 bits per heavy atom. The van der Waals surface area contributed by atoms with Crippen molar-refractivity contribution in [3.63, 3.8) is 0 Å². The van der Waals surface area contributed by atoms with Crippen LogP contribution in [0.2, 0.25) is 0 Å². The van der Waals surface area contributed by atoms with E-state index in [2.05, 4.69) is 25.9 Å². The molecule has 27 heavy (non-hydrogen) atoms. The number of ether oxygens (including phenoxy) is 1. The van der Waals surface area contributed by atoms with Gasteiger partial charge in [-0.25, -0.2) is 4.68 Å². The Morgan fingerprint density at radius 1 is 1.19 bits per heavy atom. The Bertz CT molecular complexity index is 787. The second kappa shape index (κ2) is 7.74. The zero-order valence-corrected chi connectivity index (χ0v) is 16.2. The van der Waals surface area contributed by atoms with Crippen molar-refractivity contribution in [2.75, 3.05) is 0 Å². The molecule has 148 valence electrons. The Balaban J connectivity index is 2.25. The Hall–Kier alpha value is -2.31. The molecule has 0 spiro atoms. The van der Waals surface area contributed by atoms with Gasteiger partial charge in [0.15, 0.2) is 5.69 Å². The van der Waals surface area contributed by atoms with Gasteiger partial charge in [0, 0.05) is 12.5 Å². The third-order valence-electron chi connectivity index (χ3n) is 3.94. The largest absolute Gasteiger partial charge is 0.435 e. The number of carbonyl (C=O) groups is 1. The SMILES string of the molecule is Cc1ccc(-n2nc(C(F)(F)F)cc2OC(=O)CC(C)CC(C)(C)C)cc1. The summed E-state index contributed by atoms with van der Waals surface area (Å²) in [6.07, 6.45) is -3.71. The molecule has 1 aromatic carbocycles. The van der Waals surface area contributed by atoms with Gasteiger partial charge in [0.2, 0.25) is 5.88 Å². The van der Waals surface area contributed by atoms with Crippen LogP contribution in [-0.4, -0.2) is 15.7 Å². The highest BCUT2D eigenvalue weighted by Gasteiger charge is 2.36. The lowest BCUT2D eigenvalue weighted by Gasteiger charge is -2.22. The molecule has 1 unspecified atom stereocenters. The van der Waals surface area contributed by atoms with Crippen molar-refractivity contribution in [2.24, 2.45) is 11.3 Å². The fourth-order valence-electron chi connectivity index (χ4n) is 3.01. The number of esters is 1. The van der Waals surface area contributed by atoms with Crippen molar-refractivity contribution in [3.8, 4) is 11.6 Å². The second-order valence-corrected chi connectivity index (χ2v) is 8.16. The molecule has 0 fully saturated rings. The smallest absolute Gasteiger partial charge is 0.407 e. The van der Waals surface area contributed by atoms with E-state index in [1.54, 1.807) is 24.3 Å². The van der Waals surface area contributed by atoms with Crippen LogP contribution in [-0.2, 0) is 11.0 Å². The number of benzene rings is 1. The van der Waals surface area contributed by atoms with Crippen molar-refractivity contribution < 1.29 is 22.7 Å². The van der Waals surface area contributed by atoms with Crippen LogP contribution < -0.4 is 4.74 Å². The van der Waals surface area contributed by atoms with E-state index in [0.717, 1.165) is 22.7 Å². The van der Waals surface area contributed by atoms with Crippen LogP contribution in [0.3, 0.4) is 0 Å². The molecule has 0 aliphatic rings. The van der Waals surface area contributed by atoms with Gasteiger partial charge in [-0.3, -0.25) is 4.79 Å². The first-order chi connectivity index (χ1) is 12.3. The number of alkyl halides is 3. The standard InChI is InChI=1S/C20H25F3N2O2/c1-13-6-8-15(9-7-13)25-17(11-16(24-25)20(21,22)23)27-18(26)10-14(2)12-19(3,4)5/h6-9,11,14H,10,12H2,1-5H3. The van der Waals surface area contributed by atoms with Gasteiger partial charge in [-0.05, 0) is 36.8 Å². The van der Waals surface area contributed by atoms with Crippen molar-refractivity contribution in [1.29, 1.82) is 0 Å². The molecule has 0 amide bonds. The first-order valence-electron chi connectivity index (χ1n) is 8.80. The molecule has 0 bridgehead atoms. The summed E-state index contributed by atoms with van der Waals surface area (Å²) >= 11 is 0. The van der Waals surface area contributed by atoms with Crippen LogP contribution in [0.1, 0.15) is 51.8 Å². The fraction of sp³-hybridized carbons (Fsp3) is 0.500. The van der Waals surface area contributed by atoms with Gasteiger partial charge in [0.05, 0.1) is 5.69 Å². The van der Waals surface area contributed by atoms with Gasteiger partial charge in [-0.15, -0.1) is 0 Å². The molecule has 0 saturated carbocycles. The summed E-state index contributed by atoms with van der Waals surface area (Å²) in [6.45, 7) is 9.99. The number of aromatic nitrogens is 2. The van der Waals surface area contributed by atoms with Crippen molar-refractivity contribution in [2.45, 2.75) is 53.6 Å². The highest BCUT2D eigenvalue weighted by Crippen LogP contribution is 2.33. The molecule has 7 heteroatoms. The van der Waals surface area contributed by atoms with Gasteiger partial charge >= 0.3 is 12.1 Å². The van der Waals surface area contributed by atoms with Gasteiger partial charge in [-0.1, -0.05) is 45.4 Å². The molecule has 2 rings (SSSR count). The van der Waals surface area contributed by atoms with E-state index in [-0.39, 0.29) is 23.6 Å². The highest BCUT2D eigenvalue weighted by atomic mass is 19.4. The third kappa shape index (κ3) is 6.12. The van der Waals surface area contributed by atoms with Gasteiger partial charge in [-0.2, -0.15) is 18.3 Å². The topological polar surface area (TPSA) is 44.1 Å². The second-order valence-electron chi connectivity index (χ2n) is 8.16.